The third-order valence-electron chi connectivity index (χ3n) is 2.20. The van der Waals surface area contributed by atoms with Gasteiger partial charge in [0.2, 0.25) is 0 Å². The molecule has 0 aromatic carbocycles. The molecule has 0 bridgehead atoms. The zero-order valence-electron chi connectivity index (χ0n) is 8.30. The van der Waals surface area contributed by atoms with Crippen LogP contribution < -0.4 is 5.73 Å². The highest BCUT2D eigenvalue weighted by atomic mass is 15.1. The van der Waals surface area contributed by atoms with Crippen LogP contribution in [0.3, 0.4) is 0 Å². The third-order valence-corrected chi connectivity index (χ3v) is 2.20. The molecule has 2 N–H and O–H groups in total. The predicted octanol–water partition coefficient (Wildman–Crippen LogP) is 1.45. The van der Waals surface area contributed by atoms with Crippen LogP contribution in [0.4, 0.5) is 0 Å². The highest BCUT2D eigenvalue weighted by molar-refractivity contribution is 4.77. The number of nitrogens with two attached hydrogens (primary N) is 1. The molecule has 2 heteroatoms. The van der Waals surface area contributed by atoms with E-state index in [9.17, 15) is 0 Å². The van der Waals surface area contributed by atoms with Gasteiger partial charge < -0.3 is 10.6 Å². The minimum atomic E-state index is 0.347. The second-order valence-corrected chi connectivity index (χ2v) is 3.39. The fraction of sp³-hybridized carbons (Fsp3) is 1.00. The second-order valence-electron chi connectivity index (χ2n) is 3.39. The van der Waals surface area contributed by atoms with Gasteiger partial charge in [-0.1, -0.05) is 20.3 Å². The standard InChI is InChI=1S/C9H22N2/c1-5-7-8(10)9(6-2)11(3)4/h8-9H,5-7,10H2,1-4H3. The van der Waals surface area contributed by atoms with E-state index < -0.39 is 0 Å². The molecule has 0 aromatic rings. The molecule has 0 spiro atoms. The average Bonchev–Trinajstić information content (AvgIpc) is 1.88. The lowest BCUT2D eigenvalue weighted by atomic mass is 10.0. The van der Waals surface area contributed by atoms with Crippen LogP contribution in [0.5, 0.6) is 0 Å². The average molecular weight is 158 g/mol. The van der Waals surface area contributed by atoms with Crippen LogP contribution in [-0.4, -0.2) is 31.1 Å². The van der Waals surface area contributed by atoms with Gasteiger partial charge in [-0.05, 0) is 26.9 Å². The maximum absolute atomic E-state index is 6.00. The SMILES string of the molecule is CCCC(N)C(CC)N(C)C. The number of likely N-dealkylation sites (N-methyl/N-ethyl adjacent to an activating group) is 1. The van der Waals surface area contributed by atoms with Crippen LogP contribution in [0.25, 0.3) is 0 Å². The highest BCUT2D eigenvalue weighted by Crippen LogP contribution is 2.07. The van der Waals surface area contributed by atoms with Gasteiger partial charge in [0.25, 0.3) is 0 Å². The van der Waals surface area contributed by atoms with Crippen LogP contribution in [0.2, 0.25) is 0 Å². The molecule has 2 unspecified atom stereocenters. The number of nitrogens with zero attached hydrogens (tertiary/aromatic N) is 1. The molecule has 0 aliphatic heterocycles. The second kappa shape index (κ2) is 5.56. The topological polar surface area (TPSA) is 29.3 Å². The Morgan fingerprint density at radius 3 is 2.09 bits per heavy atom. The first-order valence-corrected chi connectivity index (χ1v) is 4.55. The summed E-state index contributed by atoms with van der Waals surface area (Å²) >= 11 is 0. The summed E-state index contributed by atoms with van der Waals surface area (Å²) in [5, 5.41) is 0. The Balaban J connectivity index is 3.81. The van der Waals surface area contributed by atoms with E-state index in [4.69, 9.17) is 5.73 Å². The van der Waals surface area contributed by atoms with Gasteiger partial charge in [0.1, 0.15) is 0 Å². The summed E-state index contributed by atoms with van der Waals surface area (Å²) in [6.07, 6.45) is 3.47. The summed E-state index contributed by atoms with van der Waals surface area (Å²) in [6, 6.07) is 0.898. The van der Waals surface area contributed by atoms with Gasteiger partial charge >= 0.3 is 0 Å². The van der Waals surface area contributed by atoms with Crippen molar-refractivity contribution in [3.8, 4) is 0 Å². The first-order chi connectivity index (χ1) is 5.13. The maximum Gasteiger partial charge on any atom is 0.0238 e. The lowest BCUT2D eigenvalue weighted by Gasteiger charge is -2.28. The van der Waals surface area contributed by atoms with Crippen molar-refractivity contribution in [2.24, 2.45) is 5.73 Å². The highest BCUT2D eigenvalue weighted by Gasteiger charge is 2.16. The monoisotopic (exact) mass is 158 g/mol. The van der Waals surface area contributed by atoms with E-state index in [1.54, 1.807) is 0 Å². The van der Waals surface area contributed by atoms with Crippen molar-refractivity contribution in [2.75, 3.05) is 14.1 Å². The van der Waals surface area contributed by atoms with Crippen molar-refractivity contribution in [1.82, 2.24) is 4.90 Å². The number of hydrogen-bond donors (Lipinski definition) is 1. The fourth-order valence-electron chi connectivity index (χ4n) is 1.58. The molecule has 2 nitrogen and oxygen atoms in total. The molecular formula is C9H22N2. The van der Waals surface area contributed by atoms with E-state index in [0.29, 0.717) is 12.1 Å². The molecule has 0 aliphatic carbocycles. The van der Waals surface area contributed by atoms with Crippen LogP contribution in [0.1, 0.15) is 33.1 Å². The summed E-state index contributed by atoms with van der Waals surface area (Å²) in [6.45, 7) is 4.38. The Hall–Kier alpha value is -0.0800. The molecular weight excluding hydrogens is 136 g/mol. The van der Waals surface area contributed by atoms with Gasteiger partial charge in [-0.3, -0.25) is 0 Å². The molecule has 0 amide bonds. The van der Waals surface area contributed by atoms with Gasteiger partial charge in [0.05, 0.1) is 0 Å². The van der Waals surface area contributed by atoms with E-state index in [-0.39, 0.29) is 0 Å². The molecule has 2 atom stereocenters. The first kappa shape index (κ1) is 10.9. The smallest absolute Gasteiger partial charge is 0.0238 e. The molecule has 0 aromatic heterocycles. The van der Waals surface area contributed by atoms with E-state index in [0.717, 1.165) is 12.8 Å². The molecule has 0 saturated heterocycles. The summed E-state index contributed by atoms with van der Waals surface area (Å²) in [4.78, 5) is 2.22. The van der Waals surface area contributed by atoms with Crippen LogP contribution in [0, 0.1) is 0 Å². The van der Waals surface area contributed by atoms with Crippen molar-refractivity contribution in [3.05, 3.63) is 0 Å². The Kier molecular flexibility index (Phi) is 5.51. The number of rotatable bonds is 5. The maximum atomic E-state index is 6.00. The van der Waals surface area contributed by atoms with Gasteiger partial charge in [-0.25, -0.2) is 0 Å². The summed E-state index contributed by atoms with van der Waals surface area (Å²) in [5.74, 6) is 0. The zero-order valence-corrected chi connectivity index (χ0v) is 8.30. The molecule has 68 valence electrons. The fourth-order valence-corrected chi connectivity index (χ4v) is 1.58. The quantitative estimate of drug-likeness (QED) is 0.656. The van der Waals surface area contributed by atoms with Crippen molar-refractivity contribution in [2.45, 2.75) is 45.2 Å². The molecule has 0 fully saturated rings. The predicted molar refractivity (Wildman–Crippen MR) is 50.6 cm³/mol. The van der Waals surface area contributed by atoms with Gasteiger partial charge in [0, 0.05) is 12.1 Å². The zero-order chi connectivity index (χ0) is 8.85. The molecule has 11 heavy (non-hydrogen) atoms. The Morgan fingerprint density at radius 1 is 1.27 bits per heavy atom. The summed E-state index contributed by atoms with van der Waals surface area (Å²) in [7, 11) is 4.20. The molecule has 0 rings (SSSR count). The minimum absolute atomic E-state index is 0.347. The van der Waals surface area contributed by atoms with E-state index in [2.05, 4.69) is 32.8 Å². The van der Waals surface area contributed by atoms with Crippen molar-refractivity contribution in [3.63, 3.8) is 0 Å². The summed E-state index contributed by atoms with van der Waals surface area (Å²) in [5.41, 5.74) is 6.00. The normalized spacial score (nSPS) is 16.9. The van der Waals surface area contributed by atoms with Crippen molar-refractivity contribution < 1.29 is 0 Å². The van der Waals surface area contributed by atoms with Crippen molar-refractivity contribution in [1.29, 1.82) is 0 Å². The Labute approximate surface area is 70.8 Å². The van der Waals surface area contributed by atoms with E-state index in [1.807, 2.05) is 0 Å². The van der Waals surface area contributed by atoms with Gasteiger partial charge in [-0.2, -0.15) is 0 Å². The van der Waals surface area contributed by atoms with E-state index in [1.165, 1.54) is 6.42 Å². The van der Waals surface area contributed by atoms with Crippen LogP contribution >= 0.6 is 0 Å². The Morgan fingerprint density at radius 2 is 1.82 bits per heavy atom. The van der Waals surface area contributed by atoms with Gasteiger partial charge in [-0.15, -0.1) is 0 Å². The molecule has 0 radical (unpaired) electrons. The molecule has 0 saturated carbocycles. The molecule has 0 aliphatic rings. The van der Waals surface area contributed by atoms with Crippen molar-refractivity contribution >= 4 is 0 Å². The third kappa shape index (κ3) is 3.73. The van der Waals surface area contributed by atoms with Crippen LogP contribution in [0.15, 0.2) is 0 Å². The summed E-state index contributed by atoms with van der Waals surface area (Å²) < 4.78 is 0. The molecule has 0 heterocycles. The first-order valence-electron chi connectivity index (χ1n) is 4.55. The van der Waals surface area contributed by atoms with Crippen LogP contribution in [-0.2, 0) is 0 Å². The number of hydrogen-bond acceptors (Lipinski definition) is 2. The lowest BCUT2D eigenvalue weighted by Crippen LogP contribution is -2.43. The lowest BCUT2D eigenvalue weighted by molar-refractivity contribution is 0.239. The van der Waals surface area contributed by atoms with Gasteiger partial charge in [0.15, 0.2) is 0 Å². The largest absolute Gasteiger partial charge is 0.326 e. The minimum Gasteiger partial charge on any atom is -0.326 e. The Bertz CT molecular complexity index is 91.6. The van der Waals surface area contributed by atoms with E-state index >= 15 is 0 Å².